The van der Waals surface area contributed by atoms with Crippen molar-refractivity contribution < 1.29 is 14.1 Å². The smallest absolute Gasteiger partial charge is 0.410 e. The maximum atomic E-state index is 12.8. The van der Waals surface area contributed by atoms with E-state index in [9.17, 15) is 9.35 Å². The first-order chi connectivity index (χ1) is 12.9. The fourth-order valence-electron chi connectivity index (χ4n) is 3.57. The Bertz CT molecular complexity index is 774. The number of amides is 1. The van der Waals surface area contributed by atoms with Crippen molar-refractivity contribution in [2.75, 3.05) is 13.1 Å². The molecule has 2 aliphatic rings. The SMILES string of the molecule is CC(C)(C)OC(=O)N1CCC2(CC1)Cc1nccnc1C2=N[S+]([O-])C(C)(C)C. The second-order valence-corrected chi connectivity index (χ2v) is 11.5. The third kappa shape index (κ3) is 4.33. The molecule has 0 radical (unpaired) electrons. The van der Waals surface area contributed by atoms with Crippen LogP contribution >= 0.6 is 0 Å². The first-order valence-electron chi connectivity index (χ1n) is 9.71. The summed E-state index contributed by atoms with van der Waals surface area (Å²) in [5.74, 6) is 0. The molecule has 1 amide bonds. The van der Waals surface area contributed by atoms with E-state index in [0.717, 1.165) is 36.4 Å². The molecule has 1 spiro atoms. The zero-order valence-electron chi connectivity index (χ0n) is 17.6. The van der Waals surface area contributed by atoms with Crippen LogP contribution in [0.1, 0.15) is 65.8 Å². The van der Waals surface area contributed by atoms with Crippen molar-refractivity contribution in [1.29, 1.82) is 0 Å². The van der Waals surface area contributed by atoms with E-state index in [0.29, 0.717) is 13.1 Å². The lowest BCUT2D eigenvalue weighted by molar-refractivity contribution is 0.0159. The lowest BCUT2D eigenvalue weighted by Crippen LogP contribution is -2.47. The standard InChI is InChI=1S/C20H30N4O3S/c1-18(2,3)27-17(25)24-11-7-20(8-12-24)13-14-15(22-10-9-21-14)16(20)23-28(26)19(4,5)6/h9-10H,7-8,11-13H2,1-6H3. The molecule has 1 aliphatic carbocycles. The number of rotatable bonds is 1. The van der Waals surface area contributed by atoms with Crippen molar-refractivity contribution in [3.8, 4) is 0 Å². The summed E-state index contributed by atoms with van der Waals surface area (Å²) in [5.41, 5.74) is 1.65. The van der Waals surface area contributed by atoms with Gasteiger partial charge in [0, 0.05) is 37.3 Å². The van der Waals surface area contributed by atoms with Crippen molar-refractivity contribution in [2.24, 2.45) is 9.81 Å². The third-order valence-corrected chi connectivity index (χ3v) is 6.47. The summed E-state index contributed by atoms with van der Waals surface area (Å²) in [5, 5.41) is 0. The van der Waals surface area contributed by atoms with Crippen LogP contribution in [0.4, 0.5) is 4.79 Å². The molecule has 1 aliphatic heterocycles. The number of carbonyl (C=O) groups is 1. The summed E-state index contributed by atoms with van der Waals surface area (Å²) in [6.07, 6.45) is 5.23. The molecule has 1 aromatic heterocycles. The molecular weight excluding hydrogens is 376 g/mol. The summed E-state index contributed by atoms with van der Waals surface area (Å²) in [6, 6.07) is 0. The molecule has 0 saturated carbocycles. The molecule has 28 heavy (non-hydrogen) atoms. The lowest BCUT2D eigenvalue weighted by Gasteiger charge is -2.39. The van der Waals surface area contributed by atoms with E-state index in [2.05, 4.69) is 14.4 Å². The topological polar surface area (TPSA) is 90.7 Å². The van der Waals surface area contributed by atoms with Crippen LogP contribution in [0, 0.1) is 5.41 Å². The average Bonchev–Trinajstić information content (AvgIpc) is 2.86. The molecular formula is C20H30N4O3S. The van der Waals surface area contributed by atoms with Crippen molar-refractivity contribution >= 4 is 23.2 Å². The Kier molecular flexibility index (Phi) is 5.49. The van der Waals surface area contributed by atoms with Crippen LogP contribution in [-0.2, 0) is 22.5 Å². The maximum absolute atomic E-state index is 12.8. The van der Waals surface area contributed by atoms with Crippen LogP contribution < -0.4 is 0 Å². The van der Waals surface area contributed by atoms with Crippen molar-refractivity contribution in [3.05, 3.63) is 23.8 Å². The Labute approximate surface area is 170 Å². The van der Waals surface area contributed by atoms with E-state index in [-0.39, 0.29) is 11.5 Å². The van der Waals surface area contributed by atoms with Gasteiger partial charge >= 0.3 is 6.09 Å². The van der Waals surface area contributed by atoms with E-state index in [1.807, 2.05) is 41.5 Å². The fourth-order valence-corrected chi connectivity index (χ4v) is 4.29. The number of fused-ring (bicyclic) bond motifs is 1. The minimum atomic E-state index is -1.38. The molecule has 8 heteroatoms. The molecule has 1 aromatic rings. The van der Waals surface area contributed by atoms with Gasteiger partial charge in [-0.2, -0.15) is 0 Å². The Morgan fingerprint density at radius 2 is 1.79 bits per heavy atom. The van der Waals surface area contributed by atoms with Gasteiger partial charge in [0.2, 0.25) is 0 Å². The Morgan fingerprint density at radius 1 is 1.18 bits per heavy atom. The predicted molar refractivity (Wildman–Crippen MR) is 110 cm³/mol. The highest BCUT2D eigenvalue weighted by molar-refractivity contribution is 7.91. The highest BCUT2D eigenvalue weighted by atomic mass is 32.2. The summed E-state index contributed by atoms with van der Waals surface area (Å²) in [4.78, 5) is 23.2. The van der Waals surface area contributed by atoms with Gasteiger partial charge in [-0.1, -0.05) is 4.40 Å². The van der Waals surface area contributed by atoms with Crippen molar-refractivity contribution in [3.63, 3.8) is 0 Å². The second kappa shape index (κ2) is 7.30. The van der Waals surface area contributed by atoms with Crippen molar-refractivity contribution in [2.45, 2.75) is 71.2 Å². The van der Waals surface area contributed by atoms with Crippen LogP contribution in [0.2, 0.25) is 0 Å². The highest BCUT2D eigenvalue weighted by Crippen LogP contribution is 2.44. The fraction of sp³-hybridized carbons (Fsp3) is 0.700. The van der Waals surface area contributed by atoms with Crippen LogP contribution in [0.25, 0.3) is 0 Å². The van der Waals surface area contributed by atoms with Crippen LogP contribution in [0.3, 0.4) is 0 Å². The normalized spacial score (nSPS) is 21.7. The molecule has 154 valence electrons. The van der Waals surface area contributed by atoms with Crippen LogP contribution in [-0.4, -0.2) is 54.7 Å². The summed E-state index contributed by atoms with van der Waals surface area (Å²) in [7, 11) is 0. The number of hydrogen-bond acceptors (Lipinski definition) is 6. The van der Waals surface area contributed by atoms with Gasteiger partial charge in [-0.15, -0.1) is 0 Å². The number of likely N-dealkylation sites (tertiary alicyclic amines) is 1. The molecule has 0 aromatic carbocycles. The first kappa shape index (κ1) is 21.0. The molecule has 0 N–H and O–H groups in total. The summed E-state index contributed by atoms with van der Waals surface area (Å²) < 4.78 is 22.5. The monoisotopic (exact) mass is 406 g/mol. The van der Waals surface area contributed by atoms with E-state index < -0.39 is 21.7 Å². The largest absolute Gasteiger partial charge is 0.591 e. The molecule has 1 fully saturated rings. The predicted octanol–water partition coefficient (Wildman–Crippen LogP) is 3.30. The minimum absolute atomic E-state index is 0.275. The van der Waals surface area contributed by atoms with Crippen LogP contribution in [0.5, 0.6) is 0 Å². The zero-order valence-corrected chi connectivity index (χ0v) is 18.4. The molecule has 3 rings (SSSR count). The number of hydrogen-bond donors (Lipinski definition) is 0. The third-order valence-electron chi connectivity index (χ3n) is 5.08. The number of aromatic nitrogens is 2. The number of carbonyl (C=O) groups excluding carboxylic acids is 1. The number of nitrogens with zero attached hydrogens (tertiary/aromatic N) is 4. The highest BCUT2D eigenvalue weighted by Gasteiger charge is 2.49. The van der Waals surface area contributed by atoms with Gasteiger partial charge in [0.05, 0.1) is 5.69 Å². The molecule has 7 nitrogen and oxygen atoms in total. The first-order valence-corrected chi connectivity index (χ1v) is 10.8. The summed E-state index contributed by atoms with van der Waals surface area (Å²) >= 11 is -1.38. The van der Waals surface area contributed by atoms with E-state index in [4.69, 9.17) is 4.74 Å². The Hall–Kier alpha value is -1.67. The quantitative estimate of drug-likeness (QED) is 0.668. The van der Waals surface area contributed by atoms with Gasteiger partial charge in [-0.05, 0) is 54.4 Å². The van der Waals surface area contributed by atoms with Gasteiger partial charge in [0.25, 0.3) is 0 Å². The Balaban J connectivity index is 1.85. The van der Waals surface area contributed by atoms with Gasteiger partial charge < -0.3 is 14.2 Å². The van der Waals surface area contributed by atoms with Gasteiger partial charge in [0.15, 0.2) is 0 Å². The molecule has 1 saturated heterocycles. The number of piperidine rings is 1. The zero-order chi connectivity index (χ0) is 20.7. The molecule has 1 atom stereocenters. The van der Waals surface area contributed by atoms with Gasteiger partial charge in [0.1, 0.15) is 33.1 Å². The number of ether oxygens (including phenoxy) is 1. The van der Waals surface area contributed by atoms with E-state index in [1.54, 1.807) is 17.3 Å². The Morgan fingerprint density at radius 3 is 2.36 bits per heavy atom. The van der Waals surface area contributed by atoms with Crippen molar-refractivity contribution in [1.82, 2.24) is 14.9 Å². The lowest BCUT2D eigenvalue weighted by atomic mass is 9.75. The van der Waals surface area contributed by atoms with Gasteiger partial charge in [-0.3, -0.25) is 9.97 Å². The molecule has 2 heterocycles. The average molecular weight is 407 g/mol. The molecule has 0 bridgehead atoms. The maximum Gasteiger partial charge on any atom is 0.410 e. The van der Waals surface area contributed by atoms with E-state index >= 15 is 0 Å². The van der Waals surface area contributed by atoms with Gasteiger partial charge in [-0.25, -0.2) is 4.79 Å². The van der Waals surface area contributed by atoms with Crippen LogP contribution in [0.15, 0.2) is 16.8 Å². The molecule has 1 unspecified atom stereocenters. The second-order valence-electron chi connectivity index (χ2n) is 9.58. The minimum Gasteiger partial charge on any atom is -0.591 e. The summed E-state index contributed by atoms with van der Waals surface area (Å²) in [6.45, 7) is 12.5. The van der Waals surface area contributed by atoms with E-state index in [1.165, 1.54) is 0 Å².